The average molecular weight is 1160 g/mol. The van der Waals surface area contributed by atoms with Gasteiger partial charge < -0.3 is 14.2 Å². The molecule has 0 aliphatic heterocycles. The maximum absolute atomic E-state index is 12.9. The van der Waals surface area contributed by atoms with Gasteiger partial charge in [-0.1, -0.05) is 370 Å². The van der Waals surface area contributed by atoms with E-state index >= 15 is 0 Å². The number of esters is 3. The van der Waals surface area contributed by atoms with Gasteiger partial charge in [0.25, 0.3) is 0 Å². The molecule has 0 bridgehead atoms. The van der Waals surface area contributed by atoms with E-state index in [9.17, 15) is 14.4 Å². The number of ether oxygens (including phenoxy) is 3. The highest BCUT2D eigenvalue weighted by atomic mass is 16.6. The third-order valence-corrected chi connectivity index (χ3v) is 16.5. The quantitative estimate of drug-likeness (QED) is 0.0261. The van der Waals surface area contributed by atoms with Gasteiger partial charge in [0, 0.05) is 19.3 Å². The first-order valence-electron chi connectivity index (χ1n) is 36.8. The fourth-order valence-corrected chi connectivity index (χ4v) is 11.1. The Morgan fingerprint density at radius 3 is 0.735 bits per heavy atom. The zero-order valence-corrected chi connectivity index (χ0v) is 55.7. The topological polar surface area (TPSA) is 78.9 Å². The van der Waals surface area contributed by atoms with Crippen LogP contribution in [0.25, 0.3) is 0 Å². The SMILES string of the molecule is CC/C=C\C/C=C\C/C=C\C/C=C\C/C=C\CCCCCCCCCCCCCCCC(=O)OC(COC(=O)CCCCCCCC)COC(=O)CCCCCCCCCCCCCCCCCCCCCCCCCCCCCCCC. The summed E-state index contributed by atoms with van der Waals surface area (Å²) in [5.74, 6) is -0.857. The van der Waals surface area contributed by atoms with Crippen LogP contribution in [0.3, 0.4) is 0 Å². The second-order valence-corrected chi connectivity index (χ2v) is 24.8. The van der Waals surface area contributed by atoms with Gasteiger partial charge in [-0.15, -0.1) is 0 Å². The van der Waals surface area contributed by atoms with Gasteiger partial charge in [-0.25, -0.2) is 0 Å². The summed E-state index contributed by atoms with van der Waals surface area (Å²) in [5.41, 5.74) is 0. The van der Waals surface area contributed by atoms with Crippen molar-refractivity contribution in [3.8, 4) is 0 Å². The van der Waals surface area contributed by atoms with Gasteiger partial charge in [0.2, 0.25) is 0 Å². The summed E-state index contributed by atoms with van der Waals surface area (Å²) in [5, 5.41) is 0. The number of carbonyl (C=O) groups is 3. The van der Waals surface area contributed by atoms with Gasteiger partial charge in [-0.3, -0.25) is 14.4 Å². The number of carbonyl (C=O) groups excluding carboxylic acids is 3. The molecule has 1 atom stereocenters. The molecule has 0 rings (SSSR count). The largest absolute Gasteiger partial charge is 0.462 e. The highest BCUT2D eigenvalue weighted by Crippen LogP contribution is 2.19. The van der Waals surface area contributed by atoms with Crippen LogP contribution in [-0.4, -0.2) is 37.2 Å². The molecule has 0 aromatic rings. The van der Waals surface area contributed by atoms with E-state index in [0.29, 0.717) is 19.3 Å². The Bertz CT molecular complexity index is 1470. The molecule has 0 amide bonds. The van der Waals surface area contributed by atoms with Gasteiger partial charge in [-0.05, 0) is 64.2 Å². The number of allylic oxidation sites excluding steroid dienone is 10. The van der Waals surface area contributed by atoms with Crippen molar-refractivity contribution < 1.29 is 28.6 Å². The average Bonchev–Trinajstić information content (AvgIpc) is 3.48. The zero-order chi connectivity index (χ0) is 59.9. The summed E-state index contributed by atoms with van der Waals surface area (Å²) in [6.07, 6.45) is 93.1. The molecule has 484 valence electrons. The van der Waals surface area contributed by atoms with Gasteiger partial charge in [0.05, 0.1) is 0 Å². The van der Waals surface area contributed by atoms with Crippen LogP contribution in [0.15, 0.2) is 60.8 Å². The lowest BCUT2D eigenvalue weighted by molar-refractivity contribution is -0.167. The number of rotatable bonds is 68. The predicted molar refractivity (Wildman–Crippen MR) is 362 cm³/mol. The van der Waals surface area contributed by atoms with Gasteiger partial charge in [0.1, 0.15) is 13.2 Å². The van der Waals surface area contributed by atoms with Crippen LogP contribution in [-0.2, 0) is 28.6 Å². The second kappa shape index (κ2) is 71.6. The number of unbranched alkanes of at least 4 members (excludes halogenated alkanes) is 47. The monoisotopic (exact) mass is 1160 g/mol. The van der Waals surface area contributed by atoms with Crippen LogP contribution in [0, 0.1) is 0 Å². The molecule has 0 saturated heterocycles. The third kappa shape index (κ3) is 69.8. The number of hydrogen-bond donors (Lipinski definition) is 0. The first-order valence-corrected chi connectivity index (χ1v) is 36.8. The molecular weight excluding hydrogens is 1020 g/mol. The predicted octanol–water partition coefficient (Wildman–Crippen LogP) is 25.5. The molecule has 0 aliphatic rings. The summed E-state index contributed by atoms with van der Waals surface area (Å²) in [6, 6.07) is 0. The van der Waals surface area contributed by atoms with E-state index in [1.54, 1.807) is 0 Å². The first-order chi connectivity index (χ1) is 41.0. The molecule has 0 radical (unpaired) electrons. The first kappa shape index (κ1) is 80.1. The van der Waals surface area contributed by atoms with Crippen LogP contribution in [0.1, 0.15) is 393 Å². The third-order valence-electron chi connectivity index (χ3n) is 16.5. The lowest BCUT2D eigenvalue weighted by atomic mass is 10.0. The maximum Gasteiger partial charge on any atom is 0.306 e. The van der Waals surface area contributed by atoms with Gasteiger partial charge in [0.15, 0.2) is 6.10 Å². The summed E-state index contributed by atoms with van der Waals surface area (Å²) in [7, 11) is 0. The molecule has 1 unspecified atom stereocenters. The van der Waals surface area contributed by atoms with Crippen molar-refractivity contribution >= 4 is 17.9 Å². The molecule has 0 aliphatic carbocycles. The molecular formula is C77H140O6. The molecule has 0 heterocycles. The van der Waals surface area contributed by atoms with Crippen molar-refractivity contribution in [2.24, 2.45) is 0 Å². The van der Waals surface area contributed by atoms with Crippen molar-refractivity contribution in [1.29, 1.82) is 0 Å². The van der Waals surface area contributed by atoms with E-state index in [-0.39, 0.29) is 31.1 Å². The van der Waals surface area contributed by atoms with Gasteiger partial charge >= 0.3 is 17.9 Å². The van der Waals surface area contributed by atoms with Crippen molar-refractivity contribution in [3.63, 3.8) is 0 Å². The fraction of sp³-hybridized carbons (Fsp3) is 0.831. The zero-order valence-electron chi connectivity index (χ0n) is 55.7. The highest BCUT2D eigenvalue weighted by molar-refractivity contribution is 5.71. The lowest BCUT2D eigenvalue weighted by Gasteiger charge is -2.18. The second-order valence-electron chi connectivity index (χ2n) is 24.8. The normalized spacial score (nSPS) is 12.4. The molecule has 0 saturated carbocycles. The smallest absolute Gasteiger partial charge is 0.306 e. The Morgan fingerprint density at radius 1 is 0.253 bits per heavy atom. The Labute approximate surface area is 517 Å². The van der Waals surface area contributed by atoms with Crippen molar-refractivity contribution in [3.05, 3.63) is 60.8 Å². The summed E-state index contributed by atoms with van der Waals surface area (Å²) < 4.78 is 16.9. The Kier molecular flexibility index (Phi) is 69.1. The van der Waals surface area contributed by atoms with Crippen LogP contribution in [0.5, 0.6) is 0 Å². The van der Waals surface area contributed by atoms with Gasteiger partial charge in [-0.2, -0.15) is 0 Å². The highest BCUT2D eigenvalue weighted by Gasteiger charge is 2.19. The maximum atomic E-state index is 12.9. The molecule has 0 aromatic carbocycles. The minimum Gasteiger partial charge on any atom is -0.462 e. The Hall–Kier alpha value is -2.89. The Balaban J connectivity index is 3.96. The summed E-state index contributed by atoms with van der Waals surface area (Å²) >= 11 is 0. The number of hydrogen-bond acceptors (Lipinski definition) is 6. The molecule has 6 heteroatoms. The van der Waals surface area contributed by atoms with Crippen LogP contribution in [0.4, 0.5) is 0 Å². The molecule has 0 fully saturated rings. The standard InChI is InChI=1S/C77H140O6/c1-4-7-10-13-16-18-20-22-24-26-28-30-32-34-36-38-40-41-43-45-47-49-51-53-55-57-59-61-64-67-70-76(79)82-73-74(72-81-75(78)69-66-63-15-12-9-6-3)83-77(80)71-68-65-62-60-58-56-54-52-50-48-46-44-42-39-37-35-33-31-29-27-25-23-21-19-17-14-11-8-5-2/h8,11,17,19,23,25,29,31,35,37,74H,4-7,9-10,12-16,18,20-22,24,26-28,30,32-34,36,38-73H2,1-3H3/b11-8-,19-17-,25-23-,31-29-,37-35-. The minimum atomic E-state index is -0.770. The molecule has 0 aromatic heterocycles. The van der Waals surface area contributed by atoms with Crippen molar-refractivity contribution in [2.75, 3.05) is 13.2 Å². The van der Waals surface area contributed by atoms with E-state index in [2.05, 4.69) is 81.5 Å². The van der Waals surface area contributed by atoms with E-state index in [0.717, 1.165) is 89.9 Å². The fourth-order valence-electron chi connectivity index (χ4n) is 11.1. The van der Waals surface area contributed by atoms with E-state index in [1.165, 1.54) is 263 Å². The molecule has 0 spiro atoms. The summed E-state index contributed by atoms with van der Waals surface area (Å²) in [4.78, 5) is 38.2. The molecule has 0 N–H and O–H groups in total. The molecule has 6 nitrogen and oxygen atoms in total. The lowest BCUT2D eigenvalue weighted by Crippen LogP contribution is -2.30. The minimum absolute atomic E-state index is 0.0692. The molecule has 83 heavy (non-hydrogen) atoms. The summed E-state index contributed by atoms with van der Waals surface area (Å²) in [6.45, 7) is 6.53. The van der Waals surface area contributed by atoms with E-state index < -0.39 is 6.10 Å². The van der Waals surface area contributed by atoms with E-state index in [1.807, 2.05) is 0 Å². The van der Waals surface area contributed by atoms with Crippen LogP contribution >= 0.6 is 0 Å². The van der Waals surface area contributed by atoms with Crippen LogP contribution in [0.2, 0.25) is 0 Å². The Morgan fingerprint density at radius 2 is 0.470 bits per heavy atom. The van der Waals surface area contributed by atoms with Crippen molar-refractivity contribution in [2.45, 2.75) is 399 Å². The van der Waals surface area contributed by atoms with E-state index in [4.69, 9.17) is 14.2 Å². The van der Waals surface area contributed by atoms with Crippen LogP contribution < -0.4 is 0 Å². The van der Waals surface area contributed by atoms with Crippen molar-refractivity contribution in [1.82, 2.24) is 0 Å².